The molecule has 0 saturated carbocycles. The Hall–Kier alpha value is -5.64. The van der Waals surface area contributed by atoms with Gasteiger partial charge in [0.15, 0.2) is 0 Å². The maximum Gasteiger partial charge on any atom is 0.227 e. The second kappa shape index (κ2) is 13.6. The molecular formula is C36H38N8O2. The smallest absolute Gasteiger partial charge is 0.227 e. The lowest BCUT2D eigenvalue weighted by atomic mass is 10.2. The largest absolute Gasteiger partial charge is 0.497 e. The molecule has 4 aromatic carbocycles. The molecule has 10 nitrogen and oxygen atoms in total. The van der Waals surface area contributed by atoms with Crippen molar-refractivity contribution in [2.75, 3.05) is 68.5 Å². The number of methoxy groups -OCH3 is 2. The Morgan fingerprint density at radius 3 is 1.63 bits per heavy atom. The second-order valence-electron chi connectivity index (χ2n) is 11.0. The molecule has 234 valence electrons. The van der Waals surface area contributed by atoms with Gasteiger partial charge in [-0.2, -0.15) is 9.97 Å². The third-order valence-electron chi connectivity index (χ3n) is 8.00. The number of rotatable bonds is 12. The summed E-state index contributed by atoms with van der Waals surface area (Å²) in [7, 11) is 9.40. The van der Waals surface area contributed by atoms with Gasteiger partial charge in [-0.15, -0.1) is 0 Å². The van der Waals surface area contributed by atoms with Crippen molar-refractivity contribution >= 4 is 56.7 Å². The predicted molar refractivity (Wildman–Crippen MR) is 188 cm³/mol. The molecule has 0 bridgehead atoms. The highest BCUT2D eigenvalue weighted by molar-refractivity contribution is 5.93. The molecule has 6 aromatic rings. The molecule has 0 atom stereocenters. The topological polar surface area (TPSA) is 91.8 Å². The van der Waals surface area contributed by atoms with Crippen molar-refractivity contribution in [2.45, 2.75) is 6.42 Å². The van der Waals surface area contributed by atoms with Crippen molar-refractivity contribution in [3.8, 4) is 11.5 Å². The number of para-hydroxylation sites is 2. The van der Waals surface area contributed by atoms with E-state index in [9.17, 15) is 0 Å². The van der Waals surface area contributed by atoms with E-state index in [4.69, 9.17) is 29.4 Å². The van der Waals surface area contributed by atoms with Crippen LogP contribution >= 0.6 is 0 Å². The molecule has 0 fully saturated rings. The molecular weight excluding hydrogens is 576 g/mol. The van der Waals surface area contributed by atoms with Crippen LogP contribution in [0.5, 0.6) is 11.5 Å². The number of fused-ring (bicyclic) bond motifs is 2. The lowest BCUT2D eigenvalue weighted by Gasteiger charge is -2.24. The zero-order valence-corrected chi connectivity index (χ0v) is 26.8. The van der Waals surface area contributed by atoms with E-state index in [0.717, 1.165) is 69.3 Å². The summed E-state index contributed by atoms with van der Waals surface area (Å²) in [4.78, 5) is 25.9. The fourth-order valence-electron chi connectivity index (χ4n) is 5.34. The van der Waals surface area contributed by atoms with Crippen LogP contribution in [-0.4, -0.2) is 68.4 Å². The minimum Gasteiger partial charge on any atom is -0.497 e. The quantitative estimate of drug-likeness (QED) is 0.144. The maximum absolute atomic E-state index is 5.34. The van der Waals surface area contributed by atoms with Gasteiger partial charge in [0, 0.05) is 56.4 Å². The molecule has 0 spiro atoms. The third kappa shape index (κ3) is 6.41. The monoisotopic (exact) mass is 614 g/mol. The van der Waals surface area contributed by atoms with E-state index in [2.05, 4.69) is 26.1 Å². The number of nitrogens with one attached hydrogen (secondary N) is 1. The van der Waals surface area contributed by atoms with Gasteiger partial charge in [-0.3, -0.25) is 0 Å². The number of hydrogen-bond donors (Lipinski definition) is 1. The number of aromatic nitrogens is 4. The minimum absolute atomic E-state index is 0.585. The van der Waals surface area contributed by atoms with Gasteiger partial charge in [-0.05, 0) is 79.2 Å². The molecule has 0 amide bonds. The number of nitrogens with zero attached hydrogens (tertiary/aromatic N) is 7. The fourth-order valence-corrected chi connectivity index (χ4v) is 5.34. The Labute approximate surface area is 269 Å². The van der Waals surface area contributed by atoms with Gasteiger partial charge in [0.1, 0.15) is 23.1 Å². The molecule has 2 aromatic heterocycles. The molecule has 6 rings (SSSR count). The highest BCUT2D eigenvalue weighted by Gasteiger charge is 2.16. The van der Waals surface area contributed by atoms with Crippen LogP contribution in [0.2, 0.25) is 0 Å². The Kier molecular flexibility index (Phi) is 8.96. The summed E-state index contributed by atoms with van der Waals surface area (Å²) >= 11 is 0. The highest BCUT2D eigenvalue weighted by Crippen LogP contribution is 2.32. The lowest BCUT2D eigenvalue weighted by molar-refractivity contribution is 0.414. The first-order valence-corrected chi connectivity index (χ1v) is 15.2. The molecule has 0 aliphatic heterocycles. The molecule has 46 heavy (non-hydrogen) atoms. The van der Waals surface area contributed by atoms with E-state index in [1.165, 1.54) is 0 Å². The van der Waals surface area contributed by atoms with Crippen LogP contribution in [0.15, 0.2) is 97.1 Å². The Bertz CT molecular complexity index is 1930. The van der Waals surface area contributed by atoms with Gasteiger partial charge in [-0.1, -0.05) is 24.3 Å². The van der Waals surface area contributed by atoms with Crippen LogP contribution in [-0.2, 0) is 0 Å². The average molecular weight is 615 g/mol. The summed E-state index contributed by atoms with van der Waals surface area (Å²) < 4.78 is 10.7. The van der Waals surface area contributed by atoms with E-state index in [1.54, 1.807) is 14.2 Å². The maximum atomic E-state index is 5.34. The van der Waals surface area contributed by atoms with Gasteiger partial charge in [0.25, 0.3) is 0 Å². The van der Waals surface area contributed by atoms with Gasteiger partial charge >= 0.3 is 0 Å². The van der Waals surface area contributed by atoms with Crippen LogP contribution in [0.1, 0.15) is 6.42 Å². The first-order chi connectivity index (χ1) is 22.4. The van der Waals surface area contributed by atoms with Gasteiger partial charge in [0.2, 0.25) is 11.9 Å². The van der Waals surface area contributed by atoms with Gasteiger partial charge < -0.3 is 29.5 Å². The summed E-state index contributed by atoms with van der Waals surface area (Å²) in [6, 6.07) is 32.1. The molecule has 0 aliphatic carbocycles. The van der Waals surface area contributed by atoms with E-state index < -0.39 is 0 Å². The van der Waals surface area contributed by atoms with Crippen molar-refractivity contribution in [1.82, 2.24) is 19.9 Å². The first kappa shape index (κ1) is 30.4. The van der Waals surface area contributed by atoms with E-state index >= 15 is 0 Å². The standard InChI is InChI=1S/C36H38N8O2/c1-42(36-39-32-14-9-7-12-30(32)34(41-36)44(3)26-17-21-28(46-5)22-18-26)24-10-23-37-35-38-31-13-8-6-11-29(31)33(40-35)43(2)25-15-19-27(45-4)20-16-25/h6-9,11-22H,10,23-24H2,1-5H3,(H,37,38,40). The van der Waals surface area contributed by atoms with Crippen molar-refractivity contribution in [1.29, 1.82) is 0 Å². The molecule has 0 radical (unpaired) electrons. The van der Waals surface area contributed by atoms with E-state index in [0.29, 0.717) is 18.4 Å². The van der Waals surface area contributed by atoms with Crippen molar-refractivity contribution < 1.29 is 9.47 Å². The van der Waals surface area contributed by atoms with Crippen LogP contribution in [0.4, 0.5) is 34.9 Å². The number of hydrogen-bond acceptors (Lipinski definition) is 10. The SMILES string of the molecule is COc1ccc(N(C)c2nc(NCCCN(C)c3nc(N(C)c4ccc(OC)cc4)c4ccccc4n3)nc3ccccc23)cc1. The van der Waals surface area contributed by atoms with Crippen LogP contribution in [0, 0.1) is 0 Å². The average Bonchev–Trinajstić information content (AvgIpc) is 3.12. The highest BCUT2D eigenvalue weighted by atomic mass is 16.5. The molecule has 0 unspecified atom stereocenters. The van der Waals surface area contributed by atoms with Crippen LogP contribution < -0.4 is 29.5 Å². The third-order valence-corrected chi connectivity index (χ3v) is 8.00. The number of benzene rings is 4. The molecule has 10 heteroatoms. The Balaban J connectivity index is 1.17. The summed E-state index contributed by atoms with van der Waals surface area (Å²) in [5.74, 6) is 4.55. The van der Waals surface area contributed by atoms with Crippen LogP contribution in [0.25, 0.3) is 21.8 Å². The normalized spacial score (nSPS) is 11.0. The Morgan fingerprint density at radius 2 is 1.09 bits per heavy atom. The minimum atomic E-state index is 0.585. The predicted octanol–water partition coefficient (Wildman–Crippen LogP) is 7.06. The Morgan fingerprint density at radius 1 is 0.587 bits per heavy atom. The summed E-state index contributed by atoms with van der Waals surface area (Å²) in [6.07, 6.45) is 0.830. The number of ether oxygens (including phenoxy) is 2. The zero-order chi connectivity index (χ0) is 32.0. The van der Waals surface area contributed by atoms with Crippen molar-refractivity contribution in [2.24, 2.45) is 0 Å². The first-order valence-electron chi connectivity index (χ1n) is 15.2. The van der Waals surface area contributed by atoms with E-state index in [1.807, 2.05) is 112 Å². The molecule has 0 aliphatic rings. The molecule has 2 heterocycles. The number of anilines is 6. The van der Waals surface area contributed by atoms with Gasteiger partial charge in [0.05, 0.1) is 25.3 Å². The van der Waals surface area contributed by atoms with E-state index in [-0.39, 0.29) is 0 Å². The van der Waals surface area contributed by atoms with Crippen LogP contribution in [0.3, 0.4) is 0 Å². The zero-order valence-electron chi connectivity index (χ0n) is 26.8. The lowest BCUT2D eigenvalue weighted by Crippen LogP contribution is -2.24. The van der Waals surface area contributed by atoms with Gasteiger partial charge in [-0.25, -0.2) is 9.97 Å². The summed E-state index contributed by atoms with van der Waals surface area (Å²) in [5.41, 5.74) is 3.79. The molecule has 0 saturated heterocycles. The van der Waals surface area contributed by atoms with Crippen molar-refractivity contribution in [3.05, 3.63) is 97.1 Å². The van der Waals surface area contributed by atoms with Crippen molar-refractivity contribution in [3.63, 3.8) is 0 Å². The fraction of sp³-hybridized carbons (Fsp3) is 0.222. The summed E-state index contributed by atoms with van der Waals surface area (Å²) in [5, 5.41) is 5.41. The molecule has 1 N–H and O–H groups in total. The summed E-state index contributed by atoms with van der Waals surface area (Å²) in [6.45, 7) is 1.42. The second-order valence-corrected chi connectivity index (χ2v) is 11.0.